The van der Waals surface area contributed by atoms with E-state index >= 15 is 0 Å². The number of aromatic nitrogens is 3. The molecule has 0 bridgehead atoms. The van der Waals surface area contributed by atoms with Crippen LogP contribution in [-0.2, 0) is 6.54 Å². The molecule has 17 heavy (non-hydrogen) atoms. The molecule has 0 fully saturated rings. The maximum absolute atomic E-state index is 11.0. The number of halogens is 1. The molecular weight excluding hydrogens is 290 g/mol. The molecule has 2 aromatic rings. The van der Waals surface area contributed by atoms with Crippen molar-refractivity contribution in [2.75, 3.05) is 0 Å². The van der Waals surface area contributed by atoms with Gasteiger partial charge in [0.25, 0.3) is 0 Å². The van der Waals surface area contributed by atoms with E-state index < -0.39 is 5.97 Å². The summed E-state index contributed by atoms with van der Waals surface area (Å²) in [5.41, 5.74) is 0.178. The normalized spacial score (nSPS) is 10.4. The number of allylic oxidation sites excluding steroid dienone is 1. The number of rotatable bonds is 4. The van der Waals surface area contributed by atoms with Gasteiger partial charge in [-0.15, -0.1) is 11.7 Å². The summed E-state index contributed by atoms with van der Waals surface area (Å²) in [6.07, 6.45) is 1.60. The lowest BCUT2D eigenvalue weighted by molar-refractivity contribution is 0.0691. The fourth-order valence-corrected chi connectivity index (χ4v) is 1.70. The van der Waals surface area contributed by atoms with Gasteiger partial charge in [0.15, 0.2) is 10.4 Å². The van der Waals surface area contributed by atoms with Gasteiger partial charge in [0.1, 0.15) is 5.69 Å². The second kappa shape index (κ2) is 4.54. The maximum Gasteiger partial charge on any atom is 0.358 e. The Bertz CT molecular complexity index is 573. The summed E-state index contributed by atoms with van der Waals surface area (Å²) in [4.78, 5) is 11.0. The zero-order chi connectivity index (χ0) is 12.4. The number of aromatic carboxylic acids is 1. The Morgan fingerprint density at radius 3 is 2.94 bits per heavy atom. The van der Waals surface area contributed by atoms with Gasteiger partial charge in [-0.1, -0.05) is 11.3 Å². The van der Waals surface area contributed by atoms with E-state index in [9.17, 15) is 4.79 Å². The first-order valence-corrected chi connectivity index (χ1v) is 5.46. The Hall–Kier alpha value is -1.89. The lowest BCUT2D eigenvalue weighted by Crippen LogP contribution is -2.03. The highest BCUT2D eigenvalue weighted by Crippen LogP contribution is 2.27. The molecular formula is C10H8BrN3O3. The molecule has 2 heterocycles. The highest BCUT2D eigenvalue weighted by Gasteiger charge is 2.22. The van der Waals surface area contributed by atoms with E-state index in [1.165, 1.54) is 4.68 Å². The van der Waals surface area contributed by atoms with Gasteiger partial charge in [0.05, 0.1) is 6.54 Å². The van der Waals surface area contributed by atoms with Crippen molar-refractivity contribution in [3.63, 3.8) is 0 Å². The second-order valence-corrected chi connectivity index (χ2v) is 3.95. The molecule has 0 spiro atoms. The minimum absolute atomic E-state index is 0.145. The highest BCUT2D eigenvalue weighted by molar-refractivity contribution is 9.10. The van der Waals surface area contributed by atoms with Gasteiger partial charge in [-0.3, -0.25) is 0 Å². The maximum atomic E-state index is 11.0. The molecule has 0 aliphatic heterocycles. The van der Waals surface area contributed by atoms with E-state index in [1.54, 1.807) is 18.2 Å². The van der Waals surface area contributed by atoms with Crippen molar-refractivity contribution in [3.05, 3.63) is 35.2 Å². The molecule has 1 N–H and O–H groups in total. The summed E-state index contributed by atoms with van der Waals surface area (Å²) in [6, 6.07) is 3.32. The Balaban J connectivity index is 2.59. The van der Waals surface area contributed by atoms with Crippen LogP contribution in [0.2, 0.25) is 0 Å². The van der Waals surface area contributed by atoms with Gasteiger partial charge in [-0.25, -0.2) is 9.48 Å². The predicted octanol–water partition coefficient (Wildman–Crippen LogP) is 2.18. The van der Waals surface area contributed by atoms with Crippen molar-refractivity contribution in [1.82, 2.24) is 15.0 Å². The van der Waals surface area contributed by atoms with Crippen LogP contribution < -0.4 is 0 Å². The van der Waals surface area contributed by atoms with Crippen LogP contribution in [0, 0.1) is 0 Å². The molecule has 6 nitrogen and oxygen atoms in total. The van der Waals surface area contributed by atoms with Gasteiger partial charge in [-0.05, 0) is 28.1 Å². The van der Waals surface area contributed by atoms with E-state index in [1.807, 2.05) is 0 Å². The molecule has 2 rings (SSSR count). The number of carboxylic acids is 1. The SMILES string of the molecule is C=CCn1nnc(C(=O)O)c1-c1ccc(Br)o1. The van der Waals surface area contributed by atoms with Crippen LogP contribution in [0.4, 0.5) is 0 Å². The average Bonchev–Trinajstić information content (AvgIpc) is 2.84. The average molecular weight is 298 g/mol. The first-order valence-electron chi connectivity index (χ1n) is 4.67. The molecule has 0 aliphatic carbocycles. The smallest absolute Gasteiger partial charge is 0.358 e. The molecule has 0 saturated carbocycles. The van der Waals surface area contributed by atoms with Crippen LogP contribution in [0.5, 0.6) is 0 Å². The number of nitrogens with zero attached hydrogens (tertiary/aromatic N) is 3. The zero-order valence-electron chi connectivity index (χ0n) is 8.63. The molecule has 0 aromatic carbocycles. The summed E-state index contributed by atoms with van der Waals surface area (Å²) < 4.78 is 7.25. The molecule has 7 heteroatoms. The van der Waals surface area contributed by atoms with E-state index in [2.05, 4.69) is 32.8 Å². The number of furan rings is 1. The largest absolute Gasteiger partial charge is 0.476 e. The third kappa shape index (κ3) is 2.14. The van der Waals surface area contributed by atoms with Crippen molar-refractivity contribution >= 4 is 21.9 Å². The lowest BCUT2D eigenvalue weighted by atomic mass is 10.2. The van der Waals surface area contributed by atoms with E-state index in [0.29, 0.717) is 22.7 Å². The van der Waals surface area contributed by atoms with Crippen molar-refractivity contribution in [2.24, 2.45) is 0 Å². The Labute approximate surface area is 105 Å². The van der Waals surface area contributed by atoms with E-state index in [4.69, 9.17) is 9.52 Å². The number of hydrogen-bond donors (Lipinski definition) is 1. The molecule has 88 valence electrons. The topological polar surface area (TPSA) is 81.2 Å². The number of carboxylic acid groups (broad SMARTS) is 1. The minimum Gasteiger partial charge on any atom is -0.476 e. The molecule has 0 atom stereocenters. The van der Waals surface area contributed by atoms with Gasteiger partial charge in [-0.2, -0.15) is 0 Å². The van der Waals surface area contributed by atoms with Crippen LogP contribution >= 0.6 is 15.9 Å². The quantitative estimate of drug-likeness (QED) is 0.875. The first-order chi connectivity index (χ1) is 8.13. The van der Waals surface area contributed by atoms with Crippen molar-refractivity contribution in [2.45, 2.75) is 6.54 Å². The Morgan fingerprint density at radius 2 is 2.41 bits per heavy atom. The number of carbonyl (C=O) groups is 1. The standard InChI is InChI=1S/C10H8BrN3O3/c1-2-5-14-9(6-3-4-7(11)17-6)8(10(15)16)12-13-14/h2-4H,1,5H2,(H,15,16). The summed E-state index contributed by atoms with van der Waals surface area (Å²) in [6.45, 7) is 3.93. The Kier molecular flexibility index (Phi) is 3.10. The van der Waals surface area contributed by atoms with E-state index in [0.717, 1.165) is 0 Å². The van der Waals surface area contributed by atoms with Gasteiger partial charge in [0.2, 0.25) is 5.69 Å². The lowest BCUT2D eigenvalue weighted by Gasteiger charge is -2.00. The summed E-state index contributed by atoms with van der Waals surface area (Å²) in [5.74, 6) is -0.760. The monoisotopic (exact) mass is 297 g/mol. The third-order valence-corrected chi connectivity index (χ3v) is 2.47. The summed E-state index contributed by atoms with van der Waals surface area (Å²) in [5, 5.41) is 16.4. The second-order valence-electron chi connectivity index (χ2n) is 3.17. The molecule has 0 aliphatic rings. The summed E-state index contributed by atoms with van der Waals surface area (Å²) in [7, 11) is 0. The van der Waals surface area contributed by atoms with Crippen LogP contribution in [0.25, 0.3) is 11.5 Å². The van der Waals surface area contributed by atoms with Crippen LogP contribution in [0.3, 0.4) is 0 Å². The fourth-order valence-electron chi connectivity index (χ4n) is 1.39. The van der Waals surface area contributed by atoms with Crippen LogP contribution in [0.1, 0.15) is 10.5 Å². The number of hydrogen-bond acceptors (Lipinski definition) is 4. The minimum atomic E-state index is -1.15. The third-order valence-electron chi connectivity index (χ3n) is 2.05. The summed E-state index contributed by atoms with van der Waals surface area (Å²) >= 11 is 3.16. The highest BCUT2D eigenvalue weighted by atomic mass is 79.9. The molecule has 0 amide bonds. The first kappa shape index (κ1) is 11.6. The van der Waals surface area contributed by atoms with Gasteiger partial charge in [0, 0.05) is 0 Å². The molecule has 0 unspecified atom stereocenters. The van der Waals surface area contributed by atoms with Crippen molar-refractivity contribution < 1.29 is 14.3 Å². The molecule has 0 radical (unpaired) electrons. The van der Waals surface area contributed by atoms with E-state index in [-0.39, 0.29) is 5.69 Å². The van der Waals surface area contributed by atoms with Crippen LogP contribution in [0.15, 0.2) is 33.9 Å². The Morgan fingerprint density at radius 1 is 1.65 bits per heavy atom. The van der Waals surface area contributed by atoms with Gasteiger partial charge >= 0.3 is 5.97 Å². The van der Waals surface area contributed by atoms with Crippen LogP contribution in [-0.4, -0.2) is 26.1 Å². The van der Waals surface area contributed by atoms with Crippen molar-refractivity contribution in [3.8, 4) is 11.5 Å². The molecule has 2 aromatic heterocycles. The van der Waals surface area contributed by atoms with Gasteiger partial charge < -0.3 is 9.52 Å². The molecule has 0 saturated heterocycles. The zero-order valence-corrected chi connectivity index (χ0v) is 10.2. The van der Waals surface area contributed by atoms with Crippen molar-refractivity contribution in [1.29, 1.82) is 0 Å². The predicted molar refractivity (Wildman–Crippen MR) is 62.6 cm³/mol. The fraction of sp³-hybridized carbons (Fsp3) is 0.100.